The molecule has 1 heterocycles. The maximum absolute atomic E-state index is 12.7. The number of rotatable bonds is 6. The van der Waals surface area contributed by atoms with Crippen molar-refractivity contribution < 1.29 is 9.53 Å². The molecule has 3 rings (SSSR count). The highest BCUT2D eigenvalue weighted by Crippen LogP contribution is 2.22. The quantitative estimate of drug-likeness (QED) is 0.664. The van der Waals surface area contributed by atoms with Crippen LogP contribution in [0.5, 0.6) is 5.75 Å². The van der Waals surface area contributed by atoms with E-state index >= 15 is 0 Å². The summed E-state index contributed by atoms with van der Waals surface area (Å²) in [5.41, 5.74) is 1.86. The number of aromatic nitrogens is 1. The second kappa shape index (κ2) is 7.94. The van der Waals surface area contributed by atoms with Gasteiger partial charge in [-0.2, -0.15) is 0 Å². The molecule has 0 saturated heterocycles. The summed E-state index contributed by atoms with van der Waals surface area (Å²) >= 11 is 1.40. The fourth-order valence-electron chi connectivity index (χ4n) is 2.48. The summed E-state index contributed by atoms with van der Waals surface area (Å²) in [4.78, 5) is 19.6. The van der Waals surface area contributed by atoms with Crippen molar-refractivity contribution in [2.75, 3.05) is 7.05 Å². The van der Waals surface area contributed by atoms with Crippen LogP contribution in [0, 0.1) is 6.92 Å². The van der Waals surface area contributed by atoms with Crippen LogP contribution in [-0.4, -0.2) is 22.8 Å². The maximum Gasteiger partial charge on any atom is 0.265 e. The van der Waals surface area contributed by atoms with Gasteiger partial charge < -0.3 is 9.64 Å². The third-order valence-electron chi connectivity index (χ3n) is 3.75. The number of benzene rings is 2. The van der Waals surface area contributed by atoms with Gasteiger partial charge in [-0.25, -0.2) is 4.98 Å². The molecule has 0 aliphatic heterocycles. The van der Waals surface area contributed by atoms with Gasteiger partial charge in [0.15, 0.2) is 0 Å². The number of para-hydroxylation sites is 1. The van der Waals surface area contributed by atoms with Crippen molar-refractivity contribution in [2.45, 2.75) is 20.1 Å². The van der Waals surface area contributed by atoms with Crippen LogP contribution in [0.4, 0.5) is 0 Å². The van der Waals surface area contributed by atoms with Crippen LogP contribution in [0.25, 0.3) is 0 Å². The molecular formula is C20H20N2O2S. The first kappa shape index (κ1) is 17.2. The summed E-state index contributed by atoms with van der Waals surface area (Å²) < 4.78 is 5.72. The van der Waals surface area contributed by atoms with Crippen molar-refractivity contribution in [1.82, 2.24) is 9.88 Å². The normalized spacial score (nSPS) is 10.5. The van der Waals surface area contributed by atoms with Crippen LogP contribution in [0.15, 0.2) is 60.7 Å². The van der Waals surface area contributed by atoms with Crippen molar-refractivity contribution >= 4 is 17.2 Å². The van der Waals surface area contributed by atoms with Crippen molar-refractivity contribution in [2.24, 2.45) is 0 Å². The van der Waals surface area contributed by atoms with E-state index in [1.54, 1.807) is 4.90 Å². The van der Waals surface area contributed by atoms with Gasteiger partial charge >= 0.3 is 0 Å². The lowest BCUT2D eigenvalue weighted by Crippen LogP contribution is -2.26. The minimum absolute atomic E-state index is 0.00943. The minimum Gasteiger partial charge on any atom is -0.486 e. The predicted octanol–water partition coefficient (Wildman–Crippen LogP) is 4.30. The first-order valence-electron chi connectivity index (χ1n) is 8.07. The molecule has 25 heavy (non-hydrogen) atoms. The Morgan fingerprint density at radius 3 is 2.40 bits per heavy atom. The second-order valence-corrected chi connectivity index (χ2v) is 6.85. The van der Waals surface area contributed by atoms with E-state index in [2.05, 4.69) is 4.98 Å². The lowest BCUT2D eigenvalue weighted by Gasteiger charge is -2.16. The molecule has 2 aromatic carbocycles. The molecule has 0 aliphatic carbocycles. The average Bonchev–Trinajstić information content (AvgIpc) is 3.01. The van der Waals surface area contributed by atoms with Gasteiger partial charge in [-0.05, 0) is 24.6 Å². The molecule has 1 amide bonds. The molecule has 128 valence electrons. The zero-order chi connectivity index (χ0) is 17.6. The SMILES string of the molecule is Cc1nc(COc2ccccc2)sc1C(=O)N(C)Cc1ccccc1. The average molecular weight is 352 g/mol. The van der Waals surface area contributed by atoms with Gasteiger partial charge in [-0.15, -0.1) is 11.3 Å². The molecule has 0 unspecified atom stereocenters. The maximum atomic E-state index is 12.7. The summed E-state index contributed by atoms with van der Waals surface area (Å²) in [5.74, 6) is 0.786. The van der Waals surface area contributed by atoms with E-state index in [4.69, 9.17) is 4.74 Å². The molecule has 1 aromatic heterocycles. The molecule has 3 aromatic rings. The highest BCUT2D eigenvalue weighted by molar-refractivity contribution is 7.13. The number of thiazole rings is 1. The predicted molar refractivity (Wildman–Crippen MR) is 99.9 cm³/mol. The standard InChI is InChI=1S/C20H20N2O2S/c1-15-19(20(23)22(2)13-16-9-5-3-6-10-16)25-18(21-15)14-24-17-11-7-4-8-12-17/h3-12H,13-14H2,1-2H3. The third kappa shape index (κ3) is 4.45. The number of hydrogen-bond donors (Lipinski definition) is 0. The first-order chi connectivity index (χ1) is 12.1. The lowest BCUT2D eigenvalue weighted by molar-refractivity contribution is 0.0789. The highest BCUT2D eigenvalue weighted by atomic mass is 32.1. The molecule has 0 atom stereocenters. The van der Waals surface area contributed by atoms with Gasteiger partial charge in [-0.1, -0.05) is 48.5 Å². The van der Waals surface area contributed by atoms with Gasteiger partial charge in [0.05, 0.1) is 5.69 Å². The van der Waals surface area contributed by atoms with Gasteiger partial charge in [0.25, 0.3) is 5.91 Å². The Morgan fingerprint density at radius 1 is 1.08 bits per heavy atom. The van der Waals surface area contributed by atoms with Gasteiger partial charge in [-0.3, -0.25) is 4.79 Å². The molecule has 4 nitrogen and oxygen atoms in total. The third-order valence-corrected chi connectivity index (χ3v) is 4.87. The molecule has 0 fully saturated rings. The topological polar surface area (TPSA) is 42.4 Å². The molecule has 0 N–H and O–H groups in total. The van der Waals surface area contributed by atoms with Crippen molar-refractivity contribution in [3.05, 3.63) is 81.8 Å². The van der Waals surface area contributed by atoms with Crippen LogP contribution >= 0.6 is 11.3 Å². The fraction of sp³-hybridized carbons (Fsp3) is 0.200. The highest BCUT2D eigenvalue weighted by Gasteiger charge is 2.19. The fourth-order valence-corrected chi connectivity index (χ4v) is 3.45. The second-order valence-electron chi connectivity index (χ2n) is 5.77. The Morgan fingerprint density at radius 2 is 1.72 bits per heavy atom. The van der Waals surface area contributed by atoms with E-state index in [0.717, 1.165) is 22.0 Å². The summed E-state index contributed by atoms with van der Waals surface area (Å²) in [6.07, 6.45) is 0. The number of carbonyl (C=O) groups is 1. The molecular weight excluding hydrogens is 332 g/mol. The lowest BCUT2D eigenvalue weighted by atomic mass is 10.2. The van der Waals surface area contributed by atoms with Crippen LogP contribution in [-0.2, 0) is 13.2 Å². The van der Waals surface area contributed by atoms with Gasteiger partial charge in [0.2, 0.25) is 0 Å². The Labute approximate surface area is 151 Å². The van der Waals surface area contributed by atoms with Crippen molar-refractivity contribution in [1.29, 1.82) is 0 Å². The van der Waals surface area contributed by atoms with Gasteiger partial charge in [0, 0.05) is 13.6 Å². The van der Waals surface area contributed by atoms with Crippen LogP contribution < -0.4 is 4.74 Å². The van der Waals surface area contributed by atoms with E-state index in [1.165, 1.54) is 11.3 Å². The summed E-state index contributed by atoms with van der Waals surface area (Å²) in [7, 11) is 1.81. The Kier molecular flexibility index (Phi) is 5.46. The van der Waals surface area contributed by atoms with E-state index in [0.29, 0.717) is 18.0 Å². The molecule has 0 spiro atoms. The number of nitrogens with zero attached hydrogens (tertiary/aromatic N) is 2. The molecule has 0 radical (unpaired) electrons. The van der Waals surface area contributed by atoms with Crippen LogP contribution in [0.1, 0.15) is 25.9 Å². The number of aryl methyl sites for hydroxylation is 1. The van der Waals surface area contributed by atoms with E-state index < -0.39 is 0 Å². The minimum atomic E-state index is -0.00943. The van der Waals surface area contributed by atoms with Crippen molar-refractivity contribution in [3.8, 4) is 5.75 Å². The smallest absolute Gasteiger partial charge is 0.265 e. The Bertz CT molecular complexity index is 831. The zero-order valence-electron chi connectivity index (χ0n) is 14.3. The number of ether oxygens (including phenoxy) is 1. The summed E-state index contributed by atoms with van der Waals surface area (Å²) in [6, 6.07) is 19.6. The summed E-state index contributed by atoms with van der Waals surface area (Å²) in [5, 5.41) is 0.804. The van der Waals surface area contributed by atoms with Crippen LogP contribution in [0.3, 0.4) is 0 Å². The Balaban J connectivity index is 1.65. The molecule has 5 heteroatoms. The van der Waals surface area contributed by atoms with E-state index in [-0.39, 0.29) is 5.91 Å². The number of amides is 1. The monoisotopic (exact) mass is 352 g/mol. The van der Waals surface area contributed by atoms with Crippen LogP contribution in [0.2, 0.25) is 0 Å². The molecule has 0 aliphatic rings. The van der Waals surface area contributed by atoms with E-state index in [9.17, 15) is 4.79 Å². The van der Waals surface area contributed by atoms with E-state index in [1.807, 2.05) is 74.6 Å². The zero-order valence-corrected chi connectivity index (χ0v) is 15.1. The molecule has 0 saturated carbocycles. The summed E-state index contributed by atoms with van der Waals surface area (Å²) in [6.45, 7) is 2.81. The van der Waals surface area contributed by atoms with Gasteiger partial charge in [0.1, 0.15) is 22.2 Å². The number of hydrogen-bond acceptors (Lipinski definition) is 4. The molecule has 0 bridgehead atoms. The number of carbonyl (C=O) groups excluding carboxylic acids is 1. The Hall–Kier alpha value is -2.66. The first-order valence-corrected chi connectivity index (χ1v) is 8.88. The largest absolute Gasteiger partial charge is 0.486 e. The van der Waals surface area contributed by atoms with Crippen molar-refractivity contribution in [3.63, 3.8) is 0 Å².